The first-order chi connectivity index (χ1) is 15.3. The van der Waals surface area contributed by atoms with Gasteiger partial charge in [0, 0.05) is 35.1 Å². The van der Waals surface area contributed by atoms with Crippen LogP contribution in [0.5, 0.6) is 5.75 Å². The summed E-state index contributed by atoms with van der Waals surface area (Å²) in [6, 6.07) is 10.7. The van der Waals surface area contributed by atoms with Gasteiger partial charge in [0.05, 0.1) is 6.42 Å². The molecule has 170 valence electrons. The smallest absolute Gasteiger partial charge is 0.324 e. The van der Waals surface area contributed by atoms with Crippen LogP contribution in [0.3, 0.4) is 0 Å². The summed E-state index contributed by atoms with van der Waals surface area (Å²) in [6.45, 7) is 8.42. The average Bonchev–Trinajstić information content (AvgIpc) is 3.22. The van der Waals surface area contributed by atoms with E-state index in [9.17, 15) is 4.79 Å². The van der Waals surface area contributed by atoms with Gasteiger partial charge in [0.15, 0.2) is 11.6 Å². The monoisotopic (exact) mass is 438 g/mol. The molecule has 3 rings (SSSR count). The Balaban J connectivity index is 1.59. The van der Waals surface area contributed by atoms with Crippen molar-refractivity contribution in [1.82, 2.24) is 20.2 Å². The highest BCUT2D eigenvalue weighted by atomic mass is 17.2. The third-order valence-electron chi connectivity index (χ3n) is 4.60. The van der Waals surface area contributed by atoms with Crippen LogP contribution in [-0.2, 0) is 15.1 Å². The van der Waals surface area contributed by atoms with Gasteiger partial charge in [0.25, 0.3) is 0 Å². The van der Waals surface area contributed by atoms with E-state index in [1.165, 1.54) is 0 Å². The number of benzene rings is 1. The average molecular weight is 439 g/mol. The first kappa shape index (κ1) is 23.1. The lowest BCUT2D eigenvalue weighted by atomic mass is 9.92. The van der Waals surface area contributed by atoms with E-state index in [2.05, 4.69) is 58.5 Å². The number of anilines is 4. The number of carbonyl (C=O) groups is 1. The largest absolute Gasteiger partial charge is 0.355 e. The molecule has 3 aromatic rings. The molecule has 0 aliphatic carbocycles. The number of aromatic amines is 1. The molecule has 0 bridgehead atoms. The second kappa shape index (κ2) is 10.6. The molecule has 0 saturated heterocycles. The van der Waals surface area contributed by atoms with Crippen LogP contribution in [0, 0.1) is 0 Å². The van der Waals surface area contributed by atoms with Crippen LogP contribution in [-0.4, -0.2) is 26.1 Å². The Morgan fingerprint density at radius 2 is 1.94 bits per heavy atom. The molecule has 1 aromatic carbocycles. The molecule has 0 atom stereocenters. The summed E-state index contributed by atoms with van der Waals surface area (Å²) in [7, 11) is 0. The van der Waals surface area contributed by atoms with Gasteiger partial charge in [-0.05, 0) is 24.6 Å². The van der Waals surface area contributed by atoms with E-state index < -0.39 is 0 Å². The minimum Gasteiger partial charge on any atom is -0.324 e. The first-order valence-corrected chi connectivity index (χ1v) is 10.7. The second-order valence-corrected chi connectivity index (χ2v) is 8.46. The van der Waals surface area contributed by atoms with Crippen molar-refractivity contribution in [2.45, 2.75) is 58.8 Å². The van der Waals surface area contributed by atoms with Gasteiger partial charge >= 0.3 is 5.97 Å². The lowest BCUT2D eigenvalue weighted by molar-refractivity contribution is -0.213. The zero-order valence-electron chi connectivity index (χ0n) is 18.9. The molecular formula is C23H30N6O3. The van der Waals surface area contributed by atoms with Gasteiger partial charge in [-0.25, -0.2) is 9.78 Å². The fourth-order valence-corrected chi connectivity index (χ4v) is 2.80. The maximum atomic E-state index is 11.7. The highest BCUT2D eigenvalue weighted by molar-refractivity contribution is 5.68. The number of nitrogens with zero attached hydrogens (tertiary/aromatic N) is 3. The maximum Gasteiger partial charge on any atom is 0.355 e. The number of hydrogen-bond acceptors (Lipinski definition) is 8. The van der Waals surface area contributed by atoms with E-state index in [4.69, 9.17) is 9.78 Å². The summed E-state index contributed by atoms with van der Waals surface area (Å²) in [6.07, 6.45) is 4.80. The number of unbranched alkanes of at least 4 members (excludes halogenated alkanes) is 2. The van der Waals surface area contributed by atoms with Crippen molar-refractivity contribution < 1.29 is 14.6 Å². The molecular weight excluding hydrogens is 408 g/mol. The van der Waals surface area contributed by atoms with Gasteiger partial charge in [0.1, 0.15) is 5.82 Å². The number of rotatable bonds is 10. The van der Waals surface area contributed by atoms with Gasteiger partial charge in [-0.2, -0.15) is 10.1 Å². The standard InChI is InChI=1S/C23H30N6O3/c1-5-6-7-11-21(30)32-31-17-10-8-9-16(14-17)25-22-24-13-12-19(27-22)26-20-15-18(28-29-20)23(2,3)4/h8-10,12-15H,5-7,11H2,1-4H3,(H3,24,25,26,27,28,29). The zero-order valence-corrected chi connectivity index (χ0v) is 18.9. The molecule has 9 heteroatoms. The van der Waals surface area contributed by atoms with Gasteiger partial charge in [-0.15, -0.1) is 0 Å². The van der Waals surface area contributed by atoms with Crippen molar-refractivity contribution in [3.8, 4) is 5.75 Å². The molecule has 2 aromatic heterocycles. The fourth-order valence-electron chi connectivity index (χ4n) is 2.80. The Kier molecular flexibility index (Phi) is 7.64. The van der Waals surface area contributed by atoms with Crippen LogP contribution >= 0.6 is 0 Å². The van der Waals surface area contributed by atoms with Gasteiger partial charge in [-0.1, -0.05) is 46.6 Å². The van der Waals surface area contributed by atoms with Crippen LogP contribution in [0.1, 0.15) is 59.1 Å². The van der Waals surface area contributed by atoms with Gasteiger partial charge in [-0.3, -0.25) is 14.9 Å². The van der Waals surface area contributed by atoms with E-state index in [1.54, 1.807) is 30.5 Å². The van der Waals surface area contributed by atoms with Crippen LogP contribution in [0.15, 0.2) is 42.6 Å². The summed E-state index contributed by atoms with van der Waals surface area (Å²) >= 11 is 0. The third kappa shape index (κ3) is 6.97. The fraction of sp³-hybridized carbons (Fsp3) is 0.391. The molecule has 32 heavy (non-hydrogen) atoms. The summed E-state index contributed by atoms with van der Waals surface area (Å²) in [5, 5.41) is 13.6. The van der Waals surface area contributed by atoms with Crippen LogP contribution in [0.25, 0.3) is 0 Å². The lowest BCUT2D eigenvalue weighted by Gasteiger charge is -2.14. The van der Waals surface area contributed by atoms with Crippen molar-refractivity contribution in [2.75, 3.05) is 10.6 Å². The van der Waals surface area contributed by atoms with Crippen molar-refractivity contribution in [1.29, 1.82) is 0 Å². The number of carbonyl (C=O) groups excluding carboxylic acids is 1. The Morgan fingerprint density at radius 1 is 1.09 bits per heavy atom. The molecule has 0 saturated carbocycles. The number of hydrogen-bond donors (Lipinski definition) is 3. The molecule has 0 spiro atoms. The molecule has 3 N–H and O–H groups in total. The number of H-pyrrole nitrogens is 1. The molecule has 0 fully saturated rings. The molecule has 0 radical (unpaired) electrons. The van der Waals surface area contributed by atoms with Gasteiger partial charge in [0.2, 0.25) is 5.95 Å². The third-order valence-corrected chi connectivity index (χ3v) is 4.60. The Bertz CT molecular complexity index is 1030. The summed E-state index contributed by atoms with van der Waals surface area (Å²) in [5.41, 5.74) is 1.69. The van der Waals surface area contributed by atoms with Gasteiger partial charge < -0.3 is 10.6 Å². The lowest BCUT2D eigenvalue weighted by Crippen LogP contribution is -2.11. The van der Waals surface area contributed by atoms with Crippen LogP contribution in [0.4, 0.5) is 23.3 Å². The van der Waals surface area contributed by atoms with E-state index >= 15 is 0 Å². The van der Waals surface area contributed by atoms with E-state index in [0.717, 1.165) is 25.0 Å². The maximum absolute atomic E-state index is 11.7. The first-order valence-electron chi connectivity index (χ1n) is 10.7. The van der Waals surface area contributed by atoms with E-state index in [-0.39, 0.29) is 11.4 Å². The quantitative estimate of drug-likeness (QED) is 0.219. The Morgan fingerprint density at radius 3 is 2.69 bits per heavy atom. The molecule has 0 aliphatic rings. The van der Waals surface area contributed by atoms with Crippen LogP contribution in [0.2, 0.25) is 0 Å². The predicted molar refractivity (Wildman–Crippen MR) is 123 cm³/mol. The summed E-state index contributed by atoms with van der Waals surface area (Å²) < 4.78 is 0. The predicted octanol–water partition coefficient (Wildman–Crippen LogP) is 5.40. The molecule has 0 amide bonds. The normalized spacial score (nSPS) is 11.1. The zero-order chi connectivity index (χ0) is 23.0. The molecule has 0 unspecified atom stereocenters. The minimum atomic E-state index is -0.382. The van der Waals surface area contributed by atoms with Crippen molar-refractivity contribution >= 4 is 29.2 Å². The molecule has 9 nitrogen and oxygen atoms in total. The number of aromatic nitrogens is 4. The van der Waals surface area contributed by atoms with Crippen molar-refractivity contribution in [2.24, 2.45) is 0 Å². The SMILES string of the molecule is CCCCCC(=O)OOc1cccc(Nc2nccc(Nc3cc(C(C)(C)C)[nH]n3)n2)c1. The second-order valence-electron chi connectivity index (χ2n) is 8.46. The number of nitrogens with one attached hydrogen (secondary N) is 3. The van der Waals surface area contributed by atoms with E-state index in [1.807, 2.05) is 12.1 Å². The molecule has 0 aliphatic heterocycles. The topological polar surface area (TPSA) is 114 Å². The minimum absolute atomic E-state index is 0.0256. The highest BCUT2D eigenvalue weighted by Gasteiger charge is 2.17. The highest BCUT2D eigenvalue weighted by Crippen LogP contribution is 2.24. The van der Waals surface area contributed by atoms with Crippen LogP contribution < -0.4 is 15.5 Å². The van der Waals surface area contributed by atoms with Crippen molar-refractivity contribution in [3.63, 3.8) is 0 Å². The van der Waals surface area contributed by atoms with E-state index in [0.29, 0.717) is 35.4 Å². The van der Waals surface area contributed by atoms with Crippen molar-refractivity contribution in [3.05, 3.63) is 48.3 Å². The Hall–Kier alpha value is -3.62. The Labute approximate surface area is 187 Å². The summed E-state index contributed by atoms with van der Waals surface area (Å²) in [5.74, 6) is 1.69. The summed E-state index contributed by atoms with van der Waals surface area (Å²) in [4.78, 5) is 30.5. The molecule has 2 heterocycles.